The molecule has 1 saturated heterocycles. The average Bonchev–Trinajstić information content (AvgIpc) is 2.96. The molecular weight excluding hydrogens is 288 g/mol. The van der Waals surface area contributed by atoms with Crippen molar-refractivity contribution in [3.8, 4) is 5.75 Å². The molecule has 2 rings (SSSR count). The molecule has 1 aromatic carbocycles. The van der Waals surface area contributed by atoms with Gasteiger partial charge in [-0.2, -0.15) is 4.31 Å². The van der Waals surface area contributed by atoms with Gasteiger partial charge in [0.2, 0.25) is 10.0 Å². The first-order valence-electron chi connectivity index (χ1n) is 7.40. The van der Waals surface area contributed by atoms with Gasteiger partial charge in [-0.05, 0) is 36.5 Å². The zero-order valence-electron chi connectivity index (χ0n) is 12.7. The van der Waals surface area contributed by atoms with E-state index in [1.807, 2.05) is 0 Å². The van der Waals surface area contributed by atoms with E-state index in [9.17, 15) is 8.42 Å². The van der Waals surface area contributed by atoms with E-state index in [1.54, 1.807) is 22.5 Å². The first-order valence-corrected chi connectivity index (χ1v) is 8.84. The minimum Gasteiger partial charge on any atom is -0.495 e. The van der Waals surface area contributed by atoms with Crippen LogP contribution in [0.15, 0.2) is 23.1 Å². The predicted octanol–water partition coefficient (Wildman–Crippen LogP) is 1.96. The summed E-state index contributed by atoms with van der Waals surface area (Å²) < 4.78 is 32.4. The predicted molar refractivity (Wildman–Crippen MR) is 82.7 cm³/mol. The lowest BCUT2D eigenvalue weighted by Crippen LogP contribution is -2.29. The van der Waals surface area contributed by atoms with Crippen LogP contribution < -0.4 is 10.5 Å². The van der Waals surface area contributed by atoms with Crippen LogP contribution in [0.5, 0.6) is 5.75 Å². The van der Waals surface area contributed by atoms with Gasteiger partial charge in [-0.3, -0.25) is 0 Å². The zero-order chi connectivity index (χ0) is 15.5. The van der Waals surface area contributed by atoms with E-state index in [2.05, 4.69) is 6.92 Å². The van der Waals surface area contributed by atoms with Crippen molar-refractivity contribution in [3.63, 3.8) is 0 Å². The van der Waals surface area contributed by atoms with Gasteiger partial charge in [-0.15, -0.1) is 0 Å². The maximum Gasteiger partial charge on any atom is 0.246 e. The van der Waals surface area contributed by atoms with Crippen molar-refractivity contribution in [2.45, 2.75) is 37.6 Å². The van der Waals surface area contributed by atoms with Crippen molar-refractivity contribution >= 4 is 10.0 Å². The number of sulfonamides is 1. The monoisotopic (exact) mass is 312 g/mol. The molecule has 1 fully saturated rings. The summed E-state index contributed by atoms with van der Waals surface area (Å²) in [5.74, 6) is 0.843. The van der Waals surface area contributed by atoms with Crippen molar-refractivity contribution in [2.75, 3.05) is 20.2 Å². The standard InChI is InChI=1S/C15H24N2O3S/c1-3-4-12-7-8-17(11-12)21(18,19)15-6-5-13(10-16)9-14(15)20-2/h5-6,9,12H,3-4,7-8,10-11,16H2,1-2H3. The average molecular weight is 312 g/mol. The molecule has 1 heterocycles. The van der Waals surface area contributed by atoms with Crippen LogP contribution in [0.2, 0.25) is 0 Å². The lowest BCUT2D eigenvalue weighted by molar-refractivity contribution is 0.396. The Morgan fingerprint density at radius 3 is 2.81 bits per heavy atom. The summed E-state index contributed by atoms with van der Waals surface area (Å²) in [6, 6.07) is 5.05. The van der Waals surface area contributed by atoms with Crippen molar-refractivity contribution in [1.82, 2.24) is 4.31 Å². The van der Waals surface area contributed by atoms with E-state index in [0.29, 0.717) is 31.3 Å². The first-order chi connectivity index (χ1) is 10.0. The van der Waals surface area contributed by atoms with Crippen LogP contribution in [0.4, 0.5) is 0 Å². The second kappa shape index (κ2) is 6.77. The first kappa shape index (κ1) is 16.3. The second-order valence-electron chi connectivity index (χ2n) is 5.50. The van der Waals surface area contributed by atoms with E-state index < -0.39 is 10.0 Å². The lowest BCUT2D eigenvalue weighted by atomic mass is 10.0. The highest BCUT2D eigenvalue weighted by Crippen LogP contribution is 2.32. The third kappa shape index (κ3) is 3.39. The summed E-state index contributed by atoms with van der Waals surface area (Å²) in [6.45, 7) is 3.69. The fourth-order valence-electron chi connectivity index (χ4n) is 2.85. The molecule has 0 aromatic heterocycles. The number of benzene rings is 1. The van der Waals surface area contributed by atoms with E-state index in [1.165, 1.54) is 7.11 Å². The van der Waals surface area contributed by atoms with Crippen molar-refractivity contribution in [1.29, 1.82) is 0 Å². The molecule has 1 unspecified atom stereocenters. The van der Waals surface area contributed by atoms with Crippen LogP contribution in [-0.4, -0.2) is 32.9 Å². The molecule has 0 spiro atoms. The van der Waals surface area contributed by atoms with Gasteiger partial charge in [-0.25, -0.2) is 8.42 Å². The fourth-order valence-corrected chi connectivity index (χ4v) is 4.52. The normalized spacial score (nSPS) is 19.9. The van der Waals surface area contributed by atoms with Gasteiger partial charge in [0.05, 0.1) is 7.11 Å². The molecular formula is C15H24N2O3S. The molecule has 0 bridgehead atoms. The smallest absolute Gasteiger partial charge is 0.246 e. The van der Waals surface area contributed by atoms with Gasteiger partial charge in [0.15, 0.2) is 0 Å². The van der Waals surface area contributed by atoms with Crippen LogP contribution in [0, 0.1) is 5.92 Å². The van der Waals surface area contributed by atoms with Crippen LogP contribution in [0.3, 0.4) is 0 Å². The van der Waals surface area contributed by atoms with E-state index in [4.69, 9.17) is 10.5 Å². The molecule has 6 heteroatoms. The van der Waals surface area contributed by atoms with Gasteiger partial charge in [-0.1, -0.05) is 19.4 Å². The van der Waals surface area contributed by atoms with Crippen molar-refractivity contribution in [2.24, 2.45) is 11.7 Å². The zero-order valence-corrected chi connectivity index (χ0v) is 13.5. The minimum atomic E-state index is -3.49. The van der Waals surface area contributed by atoms with Gasteiger partial charge < -0.3 is 10.5 Å². The molecule has 118 valence electrons. The highest BCUT2D eigenvalue weighted by Gasteiger charge is 2.33. The lowest BCUT2D eigenvalue weighted by Gasteiger charge is -2.19. The molecule has 5 nitrogen and oxygen atoms in total. The number of nitrogens with zero attached hydrogens (tertiary/aromatic N) is 1. The van der Waals surface area contributed by atoms with Crippen LogP contribution >= 0.6 is 0 Å². The molecule has 2 N–H and O–H groups in total. The second-order valence-corrected chi connectivity index (χ2v) is 7.40. The maximum atomic E-state index is 12.8. The summed E-state index contributed by atoms with van der Waals surface area (Å²) in [4.78, 5) is 0.236. The molecule has 0 amide bonds. The summed E-state index contributed by atoms with van der Waals surface area (Å²) >= 11 is 0. The Labute approximate surface area is 127 Å². The largest absolute Gasteiger partial charge is 0.495 e. The highest BCUT2D eigenvalue weighted by molar-refractivity contribution is 7.89. The summed E-state index contributed by atoms with van der Waals surface area (Å²) in [6.07, 6.45) is 3.11. The molecule has 1 aromatic rings. The number of methoxy groups -OCH3 is 1. The third-order valence-electron chi connectivity index (χ3n) is 4.03. The summed E-state index contributed by atoms with van der Waals surface area (Å²) in [5.41, 5.74) is 6.45. The van der Waals surface area contributed by atoms with Gasteiger partial charge >= 0.3 is 0 Å². The Balaban J connectivity index is 2.28. The van der Waals surface area contributed by atoms with E-state index in [0.717, 1.165) is 24.8 Å². The number of hydrogen-bond donors (Lipinski definition) is 1. The SMILES string of the molecule is CCCC1CCN(S(=O)(=O)c2ccc(CN)cc2OC)C1. The summed E-state index contributed by atoms with van der Waals surface area (Å²) in [5, 5.41) is 0. The number of hydrogen-bond acceptors (Lipinski definition) is 4. The minimum absolute atomic E-state index is 0.236. The summed E-state index contributed by atoms with van der Waals surface area (Å²) in [7, 11) is -2.01. The Bertz CT molecular complexity index is 587. The quantitative estimate of drug-likeness (QED) is 0.871. The molecule has 1 atom stereocenters. The van der Waals surface area contributed by atoms with Crippen LogP contribution in [-0.2, 0) is 16.6 Å². The topological polar surface area (TPSA) is 72.6 Å². The number of nitrogens with two attached hydrogens (primary N) is 1. The number of ether oxygens (including phenoxy) is 1. The van der Waals surface area contributed by atoms with Crippen molar-refractivity contribution in [3.05, 3.63) is 23.8 Å². The molecule has 0 saturated carbocycles. The molecule has 1 aliphatic heterocycles. The molecule has 1 aliphatic rings. The van der Waals surface area contributed by atoms with Gasteiger partial charge in [0.25, 0.3) is 0 Å². The Morgan fingerprint density at radius 2 is 2.19 bits per heavy atom. The maximum absolute atomic E-state index is 12.8. The Kier molecular flexibility index (Phi) is 5.24. The van der Waals surface area contributed by atoms with Gasteiger partial charge in [0.1, 0.15) is 10.6 Å². The molecule has 21 heavy (non-hydrogen) atoms. The van der Waals surface area contributed by atoms with Crippen LogP contribution in [0.1, 0.15) is 31.7 Å². The Hall–Kier alpha value is -1.11. The molecule has 0 aliphatic carbocycles. The van der Waals surface area contributed by atoms with Crippen LogP contribution in [0.25, 0.3) is 0 Å². The highest BCUT2D eigenvalue weighted by atomic mass is 32.2. The fraction of sp³-hybridized carbons (Fsp3) is 0.600. The third-order valence-corrected chi connectivity index (χ3v) is 5.93. The van der Waals surface area contributed by atoms with E-state index in [-0.39, 0.29) is 4.90 Å². The van der Waals surface area contributed by atoms with Gasteiger partial charge in [0, 0.05) is 19.6 Å². The number of rotatable bonds is 6. The van der Waals surface area contributed by atoms with Crippen molar-refractivity contribution < 1.29 is 13.2 Å². The molecule has 0 radical (unpaired) electrons. The Morgan fingerprint density at radius 1 is 1.43 bits per heavy atom. The van der Waals surface area contributed by atoms with E-state index >= 15 is 0 Å².